The number of hydrogen-bond acceptors (Lipinski definition) is 4. The molecule has 0 saturated carbocycles. The Morgan fingerprint density at radius 2 is 2.08 bits per heavy atom. The van der Waals surface area contributed by atoms with Crippen LogP contribution >= 0.6 is 0 Å². The molecule has 0 spiro atoms. The minimum absolute atomic E-state index is 0.135. The van der Waals surface area contributed by atoms with Crippen LogP contribution in [-0.2, 0) is 4.79 Å². The monoisotopic (exact) mass is 333 g/mol. The van der Waals surface area contributed by atoms with Crippen molar-refractivity contribution >= 4 is 12.2 Å². The fourth-order valence-electron chi connectivity index (χ4n) is 2.98. The van der Waals surface area contributed by atoms with Crippen molar-refractivity contribution in [3.63, 3.8) is 0 Å². The summed E-state index contributed by atoms with van der Waals surface area (Å²) in [5.41, 5.74) is 2.08. The van der Waals surface area contributed by atoms with Crippen LogP contribution in [0, 0.1) is 0 Å². The number of halogens is 1. The van der Waals surface area contributed by atoms with E-state index in [4.69, 9.17) is 0 Å². The number of carbonyl (C=O) groups is 1. The van der Waals surface area contributed by atoms with Gasteiger partial charge in [0.1, 0.15) is 0 Å². The fraction of sp³-hybridized carbons (Fsp3) is 0.444. The molecule has 1 aliphatic rings. The highest BCUT2D eigenvalue weighted by molar-refractivity contribution is 5.85. The van der Waals surface area contributed by atoms with Crippen LogP contribution in [0.1, 0.15) is 38.2 Å². The Balaban J connectivity index is 1.83. The van der Waals surface area contributed by atoms with Crippen molar-refractivity contribution in [3.8, 4) is 5.75 Å². The molecule has 1 aromatic carbocycles. The van der Waals surface area contributed by atoms with E-state index >= 15 is 0 Å². The molecule has 1 aliphatic heterocycles. The van der Waals surface area contributed by atoms with E-state index in [1.54, 1.807) is 18.3 Å². The molecule has 1 aromatic rings. The zero-order valence-electron chi connectivity index (χ0n) is 14.2. The number of rotatable bonds is 6. The fourth-order valence-corrected chi connectivity index (χ4v) is 2.98. The van der Waals surface area contributed by atoms with Gasteiger partial charge in [0, 0.05) is 29.8 Å². The van der Waals surface area contributed by atoms with Gasteiger partial charge in [0.2, 0.25) is 5.91 Å². The third kappa shape index (κ3) is 5.45. The lowest BCUT2D eigenvalue weighted by atomic mass is 9.89. The zero-order valence-corrected chi connectivity index (χ0v) is 14.2. The predicted molar refractivity (Wildman–Crippen MR) is 92.7 cm³/mol. The topological polar surface area (TPSA) is 53.9 Å². The summed E-state index contributed by atoms with van der Waals surface area (Å²) in [7, 11) is 0. The van der Waals surface area contributed by atoms with Crippen molar-refractivity contribution < 1.29 is 14.3 Å². The number of likely N-dealkylation sites (tertiary alicyclic amines) is 1. The summed E-state index contributed by atoms with van der Waals surface area (Å²) in [6, 6.07) is 7.31. The summed E-state index contributed by atoms with van der Waals surface area (Å²) >= 11 is 0. The van der Waals surface area contributed by atoms with Gasteiger partial charge in [-0.05, 0) is 50.4 Å². The quantitative estimate of drug-likeness (QED) is 0.642. The second-order valence-corrected chi connectivity index (χ2v) is 6.12. The Hall–Kier alpha value is -2.21. The first-order valence-electron chi connectivity index (χ1n) is 8.14. The maximum absolute atomic E-state index is 12.6. The van der Waals surface area contributed by atoms with Crippen molar-refractivity contribution in [3.05, 3.63) is 41.6 Å². The molecule has 6 heteroatoms. The molecule has 0 atom stereocenters. The number of para-hydroxylation sites is 1. The average molecular weight is 333 g/mol. The number of nitrogens with zero attached hydrogens (tertiary/aromatic N) is 2. The van der Waals surface area contributed by atoms with Crippen LogP contribution in [-0.4, -0.2) is 36.8 Å². The molecule has 0 aliphatic carbocycles. The van der Waals surface area contributed by atoms with Crippen LogP contribution in [0.5, 0.6) is 5.75 Å². The molecule has 1 N–H and O–H groups in total. The van der Waals surface area contributed by atoms with E-state index in [2.05, 4.69) is 20.2 Å². The van der Waals surface area contributed by atoms with Gasteiger partial charge in [-0.15, -0.1) is 0 Å². The Morgan fingerprint density at radius 3 is 2.75 bits per heavy atom. The summed E-state index contributed by atoms with van der Waals surface area (Å²) in [5.74, 6) is 0.527. The number of hydrogen-bond donors (Lipinski definition) is 1. The van der Waals surface area contributed by atoms with E-state index in [-0.39, 0.29) is 5.91 Å². The molecular weight excluding hydrogens is 309 g/mol. The molecule has 2 rings (SSSR count). The first-order valence-corrected chi connectivity index (χ1v) is 8.14. The molecule has 5 nitrogen and oxygen atoms in total. The van der Waals surface area contributed by atoms with Crippen LogP contribution in [0.4, 0.5) is 4.53 Å². The highest BCUT2D eigenvalue weighted by Gasteiger charge is 2.23. The number of amides is 1. The van der Waals surface area contributed by atoms with Gasteiger partial charge in [0.25, 0.3) is 0 Å². The van der Waals surface area contributed by atoms with Crippen LogP contribution < -0.4 is 10.3 Å². The van der Waals surface area contributed by atoms with Crippen LogP contribution in [0.15, 0.2) is 41.0 Å². The summed E-state index contributed by atoms with van der Waals surface area (Å²) < 4.78 is 12.6. The molecule has 0 unspecified atom stereocenters. The molecule has 1 amide bonds. The highest BCUT2D eigenvalue weighted by Crippen LogP contribution is 2.34. The number of carbonyl (C=O) groups excluding carboxylic acids is 1. The maximum Gasteiger partial charge on any atom is 0.221 e. The second kappa shape index (κ2) is 9.17. The van der Waals surface area contributed by atoms with Gasteiger partial charge in [-0.1, -0.05) is 18.2 Å². The molecule has 24 heavy (non-hydrogen) atoms. The molecule has 130 valence electrons. The first kappa shape index (κ1) is 18.1. The number of nitrogens with one attached hydrogen (secondary N) is 1. The number of piperidine rings is 1. The lowest BCUT2D eigenvalue weighted by Crippen LogP contribution is -2.34. The van der Waals surface area contributed by atoms with Gasteiger partial charge in [-0.3, -0.25) is 14.6 Å². The third-order valence-corrected chi connectivity index (χ3v) is 4.14. The maximum atomic E-state index is 12.6. The van der Waals surface area contributed by atoms with Crippen LogP contribution in [0.25, 0.3) is 0 Å². The average Bonchev–Trinajstić information content (AvgIpc) is 2.59. The number of aliphatic imine (C=N–C) groups is 1. The van der Waals surface area contributed by atoms with Crippen molar-refractivity contribution in [1.82, 2.24) is 10.2 Å². The smallest absolute Gasteiger partial charge is 0.221 e. The van der Waals surface area contributed by atoms with Crippen molar-refractivity contribution in [2.45, 2.75) is 32.6 Å². The minimum Gasteiger partial charge on any atom is -0.317 e. The van der Waals surface area contributed by atoms with E-state index < -0.39 is 0 Å². The molecule has 0 radical (unpaired) electrons. The Bertz CT molecular complexity index is 608. The van der Waals surface area contributed by atoms with E-state index in [0.717, 1.165) is 43.6 Å². The molecule has 1 fully saturated rings. The van der Waals surface area contributed by atoms with E-state index in [0.29, 0.717) is 11.7 Å². The standard InChI is InChI=1S/C18H24FN3O2/c1-14(11-20-13-21-15(2)23)12-22-9-7-16(8-10-22)17-5-3-4-6-18(17)24-19/h3-6,11,13,16H,7-10,12H2,1-2H3,(H,20,21,23)/b14-11+. The van der Waals surface area contributed by atoms with Crippen LogP contribution in [0.2, 0.25) is 0 Å². The molecule has 0 bridgehead atoms. The van der Waals surface area contributed by atoms with Gasteiger partial charge in [-0.25, -0.2) is 4.99 Å². The van der Waals surface area contributed by atoms with E-state index in [9.17, 15) is 9.32 Å². The van der Waals surface area contributed by atoms with Crippen molar-refractivity contribution in [2.75, 3.05) is 19.6 Å². The molecule has 0 aromatic heterocycles. The summed E-state index contributed by atoms with van der Waals surface area (Å²) in [5, 5.41) is 2.51. The molecular formula is C18H24FN3O2. The first-order chi connectivity index (χ1) is 11.6. The normalized spacial score (nSPS) is 17.2. The van der Waals surface area contributed by atoms with Crippen molar-refractivity contribution in [1.29, 1.82) is 0 Å². The van der Waals surface area contributed by atoms with Crippen LogP contribution in [0.3, 0.4) is 0 Å². The summed E-state index contributed by atoms with van der Waals surface area (Å²) in [6.45, 7) is 6.20. The predicted octanol–water partition coefficient (Wildman–Crippen LogP) is 3.20. The Labute approximate surface area is 142 Å². The molecule has 1 heterocycles. The Kier molecular flexibility index (Phi) is 6.93. The van der Waals surface area contributed by atoms with Gasteiger partial charge in [0.05, 0.1) is 6.34 Å². The minimum atomic E-state index is -0.135. The summed E-state index contributed by atoms with van der Waals surface area (Å²) in [4.78, 5) is 21.1. The largest absolute Gasteiger partial charge is 0.317 e. The molecule has 1 saturated heterocycles. The SMILES string of the molecule is CC(=O)NC=N/C=C(\C)CN1CCC(c2ccccc2OF)CC1. The van der Waals surface area contributed by atoms with Gasteiger partial charge in [0.15, 0.2) is 5.75 Å². The lowest BCUT2D eigenvalue weighted by Gasteiger charge is -2.32. The zero-order chi connectivity index (χ0) is 17.4. The Morgan fingerprint density at radius 1 is 1.38 bits per heavy atom. The van der Waals surface area contributed by atoms with E-state index in [1.807, 2.05) is 19.1 Å². The highest BCUT2D eigenvalue weighted by atomic mass is 19.3. The second-order valence-electron chi connectivity index (χ2n) is 6.12. The lowest BCUT2D eigenvalue weighted by molar-refractivity contribution is -0.117. The van der Waals surface area contributed by atoms with Crippen molar-refractivity contribution in [2.24, 2.45) is 4.99 Å². The van der Waals surface area contributed by atoms with Gasteiger partial charge < -0.3 is 5.32 Å². The van der Waals surface area contributed by atoms with Gasteiger partial charge in [-0.2, -0.15) is 0 Å². The number of benzene rings is 1. The van der Waals surface area contributed by atoms with E-state index in [1.165, 1.54) is 13.3 Å². The third-order valence-electron chi connectivity index (χ3n) is 4.14. The van der Waals surface area contributed by atoms with Gasteiger partial charge >= 0.3 is 0 Å². The summed E-state index contributed by atoms with van der Waals surface area (Å²) in [6.07, 6.45) is 5.10.